The van der Waals surface area contributed by atoms with E-state index in [1.54, 1.807) is 0 Å². The molecule has 0 bridgehead atoms. The maximum absolute atomic E-state index is 4.74. The molecule has 4 heteroatoms. The summed E-state index contributed by atoms with van der Waals surface area (Å²) in [5, 5.41) is 5.67. The minimum Gasteiger partial charge on any atom is -0.184 e. The zero-order valence-electron chi connectivity index (χ0n) is 25.7. The number of benzene rings is 6. The van der Waals surface area contributed by atoms with Gasteiger partial charge in [-0.3, -0.25) is 0 Å². The minimum absolute atomic E-state index is 0.524. The molecule has 0 saturated heterocycles. The Bertz CT molecular complexity index is 1470. The van der Waals surface area contributed by atoms with Crippen LogP contribution in [0, 0.1) is 26.8 Å². The van der Waals surface area contributed by atoms with Crippen LogP contribution in [0.3, 0.4) is 0 Å². The van der Waals surface area contributed by atoms with Crippen molar-refractivity contribution in [2.45, 2.75) is 26.2 Å². The summed E-state index contributed by atoms with van der Waals surface area (Å²) < 4.78 is 0. The summed E-state index contributed by atoms with van der Waals surface area (Å²) in [4.78, 5) is 0. The molecule has 0 spiro atoms. The van der Waals surface area contributed by atoms with Crippen LogP contribution in [0.5, 0.6) is 0 Å². The van der Waals surface area contributed by atoms with Crippen molar-refractivity contribution in [3.8, 4) is 0 Å². The van der Waals surface area contributed by atoms with Crippen LogP contribution in [0.4, 0.5) is 0 Å². The van der Waals surface area contributed by atoms with Gasteiger partial charge < -0.3 is 0 Å². The smallest absolute Gasteiger partial charge is 0.171 e. The first-order valence-electron chi connectivity index (χ1n) is 14.8. The van der Waals surface area contributed by atoms with Crippen LogP contribution in [0.15, 0.2) is 158 Å². The Morgan fingerprint density at radius 2 is 0.800 bits per heavy atom. The van der Waals surface area contributed by atoms with E-state index in [4.69, 9.17) is 6.92 Å². The molecule has 0 heterocycles. The van der Waals surface area contributed by atoms with E-state index >= 15 is 0 Å². The van der Waals surface area contributed by atoms with Gasteiger partial charge in [0.2, 0.25) is 0 Å². The van der Waals surface area contributed by atoms with Crippen molar-refractivity contribution in [3.05, 3.63) is 199 Å². The molecule has 45 heavy (non-hydrogen) atoms. The summed E-state index contributed by atoms with van der Waals surface area (Å²) >= 11 is 4.56. The molecule has 0 amide bonds. The van der Waals surface area contributed by atoms with Gasteiger partial charge in [-0.1, -0.05) is 157 Å². The van der Waals surface area contributed by atoms with Gasteiger partial charge in [0.05, 0.1) is 0 Å². The van der Waals surface area contributed by atoms with Crippen LogP contribution < -0.4 is 21.2 Å². The number of aryl methyl sites for hydroxylation is 2. The summed E-state index contributed by atoms with van der Waals surface area (Å²) in [7, 11) is -1.05. The van der Waals surface area contributed by atoms with Crippen molar-refractivity contribution >= 4 is 56.8 Å². The maximum Gasteiger partial charge on any atom is -0.171 e. The first-order valence-corrected chi connectivity index (χ1v) is 22.8. The third-order valence-electron chi connectivity index (χ3n) is 7.62. The topological polar surface area (TPSA) is 0 Å². The SMILES string of the molecule is [CH2-]c1c(CP(c2ccccc2)c2ccccc2)c(C)cc(C)c1CP(c1ccccc1)c1ccccc1.[Rh+2][I].[c-]1ccccc1. The average Bonchev–Trinajstić information content (AvgIpc) is 3.12. The predicted octanol–water partition coefficient (Wildman–Crippen LogP) is 10.1. The summed E-state index contributed by atoms with van der Waals surface area (Å²) in [5.41, 5.74) is 6.77. The van der Waals surface area contributed by atoms with Gasteiger partial charge in [0.25, 0.3) is 0 Å². The van der Waals surface area contributed by atoms with E-state index in [2.05, 4.69) is 162 Å². The van der Waals surface area contributed by atoms with Gasteiger partial charge in [0, 0.05) is 0 Å². The first kappa shape index (κ1) is 35.3. The van der Waals surface area contributed by atoms with E-state index in [1.807, 2.05) is 50.1 Å². The Kier molecular flexibility index (Phi) is 15.0. The third-order valence-corrected chi connectivity index (χ3v) is 12.6. The molecule has 6 aromatic carbocycles. The largest absolute Gasteiger partial charge is 0.184 e. The van der Waals surface area contributed by atoms with Crippen LogP contribution in [-0.4, -0.2) is 0 Å². The molecule has 0 saturated carbocycles. The molecule has 6 aromatic rings. The van der Waals surface area contributed by atoms with Crippen LogP contribution in [0.2, 0.25) is 0 Å². The van der Waals surface area contributed by atoms with Gasteiger partial charge in [0.1, 0.15) is 0 Å². The Balaban J connectivity index is 0.000000509. The minimum atomic E-state index is -0.524. The fraction of sp³-hybridized carbons (Fsp3) is 0.0976. The first-order chi connectivity index (χ1) is 22.1. The summed E-state index contributed by atoms with van der Waals surface area (Å²) in [6, 6.07) is 59.0. The fourth-order valence-electron chi connectivity index (χ4n) is 5.35. The van der Waals surface area contributed by atoms with E-state index in [9.17, 15) is 0 Å². The monoisotopic (exact) mass is 822 g/mol. The molecule has 228 valence electrons. The zero-order chi connectivity index (χ0) is 31.9. The Morgan fingerprint density at radius 3 is 1.04 bits per heavy atom. The second-order valence-corrected chi connectivity index (χ2v) is 14.9. The molecule has 0 radical (unpaired) electrons. The Hall–Kier alpha value is -2.60. The van der Waals surface area contributed by atoms with Crippen molar-refractivity contribution in [3.63, 3.8) is 0 Å². The third kappa shape index (κ3) is 10.2. The van der Waals surface area contributed by atoms with Crippen molar-refractivity contribution in [2.75, 3.05) is 0 Å². The van der Waals surface area contributed by atoms with Crippen LogP contribution >= 0.6 is 35.6 Å². The van der Waals surface area contributed by atoms with Gasteiger partial charge >= 0.3 is 34.5 Å². The molecular formula is C41H38IP2Rh. The van der Waals surface area contributed by atoms with Crippen LogP contribution in [0.1, 0.15) is 27.8 Å². The molecule has 0 aromatic heterocycles. The summed E-state index contributed by atoms with van der Waals surface area (Å²) in [6.45, 7) is 9.27. The molecule has 0 atom stereocenters. The fourth-order valence-corrected chi connectivity index (χ4v) is 10.3. The predicted molar refractivity (Wildman–Crippen MR) is 205 cm³/mol. The normalized spacial score (nSPS) is 10.4. The molecule has 0 aliphatic heterocycles. The number of hydrogen-bond donors (Lipinski definition) is 0. The molecule has 0 unspecified atom stereocenters. The molecule has 0 fully saturated rings. The molecule has 0 N–H and O–H groups in total. The zero-order valence-corrected chi connectivity index (χ0v) is 31.3. The molecule has 6 rings (SSSR count). The maximum atomic E-state index is 4.74. The Morgan fingerprint density at radius 1 is 0.511 bits per heavy atom. The van der Waals surface area contributed by atoms with E-state index < -0.39 is 15.8 Å². The number of halogens is 1. The van der Waals surface area contributed by atoms with Gasteiger partial charge in [0.15, 0.2) is 0 Å². The quantitative estimate of drug-likeness (QED) is 0.0621. The molecule has 0 aliphatic carbocycles. The van der Waals surface area contributed by atoms with Crippen molar-refractivity contribution in [2.24, 2.45) is 0 Å². The van der Waals surface area contributed by atoms with E-state index in [-0.39, 0.29) is 0 Å². The Labute approximate surface area is 294 Å². The van der Waals surface area contributed by atoms with Gasteiger partial charge in [-0.2, -0.15) is 48.9 Å². The van der Waals surface area contributed by atoms with E-state index in [0.717, 1.165) is 12.3 Å². The van der Waals surface area contributed by atoms with Crippen LogP contribution in [0.25, 0.3) is 0 Å². The molecular weight excluding hydrogens is 784 g/mol. The van der Waals surface area contributed by atoms with Crippen LogP contribution in [-0.2, 0) is 27.1 Å². The van der Waals surface area contributed by atoms with E-state index in [1.165, 1.54) is 49.0 Å². The second-order valence-electron chi connectivity index (χ2n) is 10.5. The van der Waals surface area contributed by atoms with Crippen molar-refractivity contribution in [1.82, 2.24) is 0 Å². The number of hydrogen-bond acceptors (Lipinski definition) is 0. The van der Waals surface area contributed by atoms with Crippen molar-refractivity contribution < 1.29 is 14.8 Å². The molecule has 0 aliphatic rings. The standard InChI is InChI=1S/C35H33P2.C6H5.HI.Rh/c1-27-24-28(2)35(26-37(32-20-12-6-13-21-32)33-22-14-7-15-23-33)29(3)34(27)25-36(30-16-8-4-9-17-30)31-18-10-5-11-19-31;1-2-4-6-5-3-1;;/h4-24H,3,25-26H2,1-2H3;1-5H;1H;/q2*-1;;+3/p-1. The van der Waals surface area contributed by atoms with Gasteiger partial charge in [-0.05, 0) is 33.5 Å². The van der Waals surface area contributed by atoms with E-state index in [0.29, 0.717) is 0 Å². The average molecular weight is 823 g/mol. The second kappa shape index (κ2) is 19.2. The van der Waals surface area contributed by atoms with Gasteiger partial charge in [-0.15, -0.1) is 22.3 Å². The summed E-state index contributed by atoms with van der Waals surface area (Å²) in [5.74, 6) is 0. The van der Waals surface area contributed by atoms with Gasteiger partial charge in [-0.25, -0.2) is 0 Å². The molecule has 0 nitrogen and oxygen atoms in total. The number of rotatable bonds is 8. The summed E-state index contributed by atoms with van der Waals surface area (Å²) in [6.07, 6.45) is 2.02. The van der Waals surface area contributed by atoms with Crippen molar-refractivity contribution in [1.29, 1.82) is 0 Å².